The first kappa shape index (κ1) is 7.81. The fourth-order valence-electron chi connectivity index (χ4n) is 0.870. The first-order valence-corrected chi connectivity index (χ1v) is 2.92. The van der Waals surface area contributed by atoms with Crippen LogP contribution in [0, 0.1) is 0 Å². The van der Waals surface area contributed by atoms with Crippen LogP contribution in [-0.4, -0.2) is 14.6 Å². The van der Waals surface area contributed by atoms with E-state index in [-0.39, 0.29) is 12.4 Å². The molecule has 2 aromatic heterocycles. The highest BCUT2D eigenvalue weighted by Gasteiger charge is 1.94. The molecular formula is C6H7ClN4. The van der Waals surface area contributed by atoms with Gasteiger partial charge in [-0.05, 0) is 12.1 Å². The molecule has 0 saturated carbocycles. The summed E-state index contributed by atoms with van der Waals surface area (Å²) in [4.78, 5) is 0. The van der Waals surface area contributed by atoms with Gasteiger partial charge in [-0.25, -0.2) is 0 Å². The van der Waals surface area contributed by atoms with Crippen molar-refractivity contribution in [2.24, 2.45) is 0 Å². The lowest BCUT2D eigenvalue weighted by molar-refractivity contribution is 1.10. The molecule has 2 heterocycles. The molecule has 0 atom stereocenters. The minimum Gasteiger partial charge on any atom is -0.385 e. The molecule has 58 valence electrons. The summed E-state index contributed by atoms with van der Waals surface area (Å²) in [6.45, 7) is 0. The second-order valence-corrected chi connectivity index (χ2v) is 2.01. The Balaban J connectivity index is 0.000000605. The Morgan fingerprint density at radius 3 is 2.91 bits per heavy atom. The highest BCUT2D eigenvalue weighted by Crippen LogP contribution is 2.04. The molecule has 2 N–H and O–H groups in total. The molecule has 0 radical (unpaired) electrons. The van der Waals surface area contributed by atoms with Gasteiger partial charge in [-0.15, -0.1) is 22.6 Å². The average molecular weight is 171 g/mol. The molecule has 0 fully saturated rings. The molecule has 0 aliphatic heterocycles. The van der Waals surface area contributed by atoms with Crippen molar-refractivity contribution in [3.8, 4) is 0 Å². The van der Waals surface area contributed by atoms with Gasteiger partial charge in [0.2, 0.25) is 0 Å². The second-order valence-electron chi connectivity index (χ2n) is 2.01. The summed E-state index contributed by atoms with van der Waals surface area (Å²) in [7, 11) is 0. The minimum atomic E-state index is 0. The summed E-state index contributed by atoms with van der Waals surface area (Å²) in [6, 6.07) is 5.50. The quantitative estimate of drug-likeness (QED) is 0.634. The van der Waals surface area contributed by atoms with E-state index >= 15 is 0 Å². The lowest BCUT2D eigenvalue weighted by Gasteiger charge is -1.94. The van der Waals surface area contributed by atoms with Crippen LogP contribution in [0.3, 0.4) is 0 Å². The van der Waals surface area contributed by atoms with Crippen LogP contribution in [0.1, 0.15) is 0 Å². The normalized spacial score (nSPS) is 9.45. The number of hydrogen-bond donors (Lipinski definition) is 1. The van der Waals surface area contributed by atoms with E-state index in [1.54, 1.807) is 16.8 Å². The predicted molar refractivity (Wildman–Crippen MR) is 44.6 cm³/mol. The summed E-state index contributed by atoms with van der Waals surface area (Å²) in [5.74, 6) is 0.655. The standard InChI is InChI=1S/C6H6N4.ClH/c7-5-2-1-3-6-9-8-4-10(5)6;/h1-4H,7H2;1H. The van der Waals surface area contributed by atoms with Crippen LogP contribution in [0.15, 0.2) is 24.5 Å². The third-order valence-corrected chi connectivity index (χ3v) is 1.36. The summed E-state index contributed by atoms with van der Waals surface area (Å²) in [5, 5.41) is 7.51. The van der Waals surface area contributed by atoms with Crippen LogP contribution >= 0.6 is 12.4 Å². The smallest absolute Gasteiger partial charge is 0.162 e. The van der Waals surface area contributed by atoms with Crippen LogP contribution < -0.4 is 5.73 Å². The molecule has 5 heteroatoms. The number of nitrogen functional groups attached to an aromatic ring is 1. The van der Waals surface area contributed by atoms with E-state index in [4.69, 9.17) is 5.73 Å². The van der Waals surface area contributed by atoms with Gasteiger partial charge >= 0.3 is 0 Å². The lowest BCUT2D eigenvalue weighted by atomic mass is 10.4. The van der Waals surface area contributed by atoms with Crippen molar-refractivity contribution in [3.05, 3.63) is 24.5 Å². The van der Waals surface area contributed by atoms with Gasteiger partial charge in [0.1, 0.15) is 12.1 Å². The number of fused-ring (bicyclic) bond motifs is 1. The molecule has 2 rings (SSSR count). The zero-order valence-electron chi connectivity index (χ0n) is 5.64. The molecule has 4 nitrogen and oxygen atoms in total. The minimum absolute atomic E-state index is 0. The monoisotopic (exact) mass is 170 g/mol. The summed E-state index contributed by atoms with van der Waals surface area (Å²) in [6.07, 6.45) is 1.59. The number of anilines is 1. The maximum Gasteiger partial charge on any atom is 0.162 e. The molecule has 0 saturated heterocycles. The van der Waals surface area contributed by atoms with Gasteiger partial charge in [0, 0.05) is 0 Å². The van der Waals surface area contributed by atoms with E-state index in [0.29, 0.717) is 5.82 Å². The number of nitrogens with zero attached hydrogens (tertiary/aromatic N) is 3. The predicted octanol–water partition coefficient (Wildman–Crippen LogP) is 0.733. The van der Waals surface area contributed by atoms with Crippen molar-refractivity contribution < 1.29 is 0 Å². The summed E-state index contributed by atoms with van der Waals surface area (Å²) >= 11 is 0. The van der Waals surface area contributed by atoms with Crippen LogP contribution in [0.4, 0.5) is 5.82 Å². The molecular weight excluding hydrogens is 164 g/mol. The third kappa shape index (κ3) is 1.12. The Labute approximate surface area is 69.5 Å². The Morgan fingerprint density at radius 2 is 2.18 bits per heavy atom. The summed E-state index contributed by atoms with van der Waals surface area (Å²) in [5.41, 5.74) is 6.36. The molecule has 0 aliphatic rings. The van der Waals surface area contributed by atoms with E-state index in [9.17, 15) is 0 Å². The van der Waals surface area contributed by atoms with Crippen LogP contribution in [0.5, 0.6) is 0 Å². The molecule has 0 amide bonds. The number of nitrogens with two attached hydrogens (primary N) is 1. The van der Waals surface area contributed by atoms with Crippen molar-refractivity contribution in [2.75, 3.05) is 5.73 Å². The molecule has 0 bridgehead atoms. The Kier molecular flexibility index (Phi) is 1.96. The fourth-order valence-corrected chi connectivity index (χ4v) is 0.870. The van der Waals surface area contributed by atoms with Crippen molar-refractivity contribution in [2.45, 2.75) is 0 Å². The highest BCUT2D eigenvalue weighted by atomic mass is 35.5. The van der Waals surface area contributed by atoms with E-state index in [1.807, 2.05) is 12.1 Å². The second kappa shape index (κ2) is 2.75. The van der Waals surface area contributed by atoms with Gasteiger partial charge in [0.15, 0.2) is 5.65 Å². The van der Waals surface area contributed by atoms with E-state index in [0.717, 1.165) is 5.65 Å². The lowest BCUT2D eigenvalue weighted by Crippen LogP contribution is -1.93. The van der Waals surface area contributed by atoms with Crippen molar-refractivity contribution in [3.63, 3.8) is 0 Å². The van der Waals surface area contributed by atoms with Gasteiger partial charge in [0.25, 0.3) is 0 Å². The maximum atomic E-state index is 5.58. The number of aromatic nitrogens is 3. The van der Waals surface area contributed by atoms with Crippen LogP contribution in [-0.2, 0) is 0 Å². The van der Waals surface area contributed by atoms with Crippen molar-refractivity contribution >= 4 is 23.9 Å². The van der Waals surface area contributed by atoms with Gasteiger partial charge < -0.3 is 5.73 Å². The Morgan fingerprint density at radius 1 is 1.36 bits per heavy atom. The average Bonchev–Trinajstić information content (AvgIpc) is 2.36. The van der Waals surface area contributed by atoms with Crippen LogP contribution in [0.2, 0.25) is 0 Å². The zero-order valence-corrected chi connectivity index (χ0v) is 6.45. The SMILES string of the molecule is Cl.Nc1cccc2nncn12. The third-order valence-electron chi connectivity index (χ3n) is 1.36. The molecule has 11 heavy (non-hydrogen) atoms. The molecule has 0 spiro atoms. The Bertz CT molecular complexity index is 356. The maximum absolute atomic E-state index is 5.58. The first-order valence-electron chi connectivity index (χ1n) is 2.92. The molecule has 2 aromatic rings. The van der Waals surface area contributed by atoms with E-state index in [2.05, 4.69) is 10.2 Å². The van der Waals surface area contributed by atoms with Gasteiger partial charge in [-0.1, -0.05) is 6.07 Å². The molecule has 0 unspecified atom stereocenters. The molecule has 0 aliphatic carbocycles. The Hall–Kier alpha value is -1.29. The number of pyridine rings is 1. The van der Waals surface area contributed by atoms with Gasteiger partial charge in [0.05, 0.1) is 0 Å². The van der Waals surface area contributed by atoms with Crippen LogP contribution in [0.25, 0.3) is 5.65 Å². The topological polar surface area (TPSA) is 56.2 Å². The highest BCUT2D eigenvalue weighted by molar-refractivity contribution is 5.85. The first-order chi connectivity index (χ1) is 4.88. The van der Waals surface area contributed by atoms with Gasteiger partial charge in [-0.3, -0.25) is 4.40 Å². The number of rotatable bonds is 0. The molecule has 0 aromatic carbocycles. The van der Waals surface area contributed by atoms with E-state index < -0.39 is 0 Å². The van der Waals surface area contributed by atoms with E-state index in [1.165, 1.54) is 0 Å². The van der Waals surface area contributed by atoms with Crippen molar-refractivity contribution in [1.29, 1.82) is 0 Å². The van der Waals surface area contributed by atoms with Crippen molar-refractivity contribution in [1.82, 2.24) is 14.6 Å². The number of halogens is 1. The zero-order chi connectivity index (χ0) is 6.97. The van der Waals surface area contributed by atoms with Gasteiger partial charge in [-0.2, -0.15) is 0 Å². The number of hydrogen-bond acceptors (Lipinski definition) is 3. The summed E-state index contributed by atoms with van der Waals surface area (Å²) < 4.78 is 1.72. The largest absolute Gasteiger partial charge is 0.385 e. The fraction of sp³-hybridized carbons (Fsp3) is 0.